The molecule has 18 heavy (non-hydrogen) atoms. The number of amides is 1. The average molecular weight is 266 g/mol. The molecule has 0 radical (unpaired) electrons. The van der Waals surface area contributed by atoms with Gasteiger partial charge in [0.15, 0.2) is 10.7 Å². The highest BCUT2D eigenvalue weighted by Gasteiger charge is 2.18. The summed E-state index contributed by atoms with van der Waals surface area (Å²) in [6.07, 6.45) is 1.53. The van der Waals surface area contributed by atoms with Crippen LogP contribution in [-0.2, 0) is 6.54 Å². The largest absolute Gasteiger partial charge is 0.476 e. The minimum absolute atomic E-state index is 0.116. The zero-order valence-corrected chi connectivity index (χ0v) is 10.3. The van der Waals surface area contributed by atoms with Gasteiger partial charge in [-0.05, 0) is 12.1 Å². The molecule has 6 nitrogen and oxygen atoms in total. The van der Waals surface area contributed by atoms with Gasteiger partial charge in [0.2, 0.25) is 0 Å². The highest BCUT2D eigenvalue weighted by atomic mass is 32.1. The summed E-state index contributed by atoms with van der Waals surface area (Å²) in [5, 5.41) is 10.2. The van der Waals surface area contributed by atoms with Crippen LogP contribution in [0.25, 0.3) is 0 Å². The number of carbonyl (C=O) groups excluding carboxylic acids is 1. The van der Waals surface area contributed by atoms with Gasteiger partial charge in [0.25, 0.3) is 5.91 Å². The van der Waals surface area contributed by atoms with E-state index in [1.807, 2.05) is 0 Å². The van der Waals surface area contributed by atoms with E-state index in [1.54, 1.807) is 19.2 Å². The summed E-state index contributed by atoms with van der Waals surface area (Å²) in [5.74, 6) is -0.816. The fourth-order valence-electron chi connectivity index (χ4n) is 1.34. The number of thiazole rings is 1. The first-order chi connectivity index (χ1) is 8.58. The first kappa shape index (κ1) is 12.3. The molecule has 0 aliphatic rings. The Bertz CT molecular complexity index is 561. The van der Waals surface area contributed by atoms with E-state index in [4.69, 9.17) is 9.52 Å². The number of nitrogens with zero attached hydrogens (tertiary/aromatic N) is 2. The molecule has 0 atom stereocenters. The number of carboxylic acids is 1. The second-order valence-corrected chi connectivity index (χ2v) is 4.44. The average Bonchev–Trinajstić information content (AvgIpc) is 2.98. The second kappa shape index (κ2) is 5.01. The summed E-state index contributed by atoms with van der Waals surface area (Å²) < 4.78 is 5.13. The summed E-state index contributed by atoms with van der Waals surface area (Å²) in [6.45, 7) is 0.313. The van der Waals surface area contributed by atoms with E-state index < -0.39 is 5.97 Å². The smallest absolute Gasteiger partial charge is 0.355 e. The fraction of sp³-hybridized carbons (Fsp3) is 0.182. The third-order valence-corrected chi connectivity index (χ3v) is 3.06. The van der Waals surface area contributed by atoms with Crippen LogP contribution in [0.2, 0.25) is 0 Å². The minimum Gasteiger partial charge on any atom is -0.476 e. The van der Waals surface area contributed by atoms with Crippen LogP contribution in [-0.4, -0.2) is 33.9 Å². The molecule has 7 heteroatoms. The standard InChI is InChI=1S/C11H10N2O4S/c1-13(5-7-3-2-4-17-7)10(14)9-12-8(6-18-9)11(15)16/h2-4,6H,5H2,1H3,(H,15,16). The summed E-state index contributed by atoms with van der Waals surface area (Å²) in [7, 11) is 1.60. The van der Waals surface area contributed by atoms with E-state index in [0.29, 0.717) is 12.3 Å². The van der Waals surface area contributed by atoms with Crippen LogP contribution >= 0.6 is 11.3 Å². The number of aromatic nitrogens is 1. The molecule has 94 valence electrons. The van der Waals surface area contributed by atoms with Gasteiger partial charge in [-0.1, -0.05) is 0 Å². The molecule has 2 rings (SSSR count). The topological polar surface area (TPSA) is 83.6 Å². The Morgan fingerprint density at radius 3 is 2.89 bits per heavy atom. The number of rotatable bonds is 4. The van der Waals surface area contributed by atoms with Gasteiger partial charge in [-0.25, -0.2) is 9.78 Å². The molecular formula is C11H10N2O4S. The second-order valence-electron chi connectivity index (χ2n) is 3.58. The summed E-state index contributed by atoms with van der Waals surface area (Å²) in [5.41, 5.74) is -0.116. The van der Waals surface area contributed by atoms with Gasteiger partial charge in [0.1, 0.15) is 5.76 Å². The molecule has 1 amide bonds. The van der Waals surface area contributed by atoms with Gasteiger partial charge in [0, 0.05) is 12.4 Å². The lowest BCUT2D eigenvalue weighted by molar-refractivity contribution is 0.0691. The van der Waals surface area contributed by atoms with Gasteiger partial charge in [-0.15, -0.1) is 11.3 Å². The third kappa shape index (κ3) is 2.57. The first-order valence-corrected chi connectivity index (χ1v) is 5.92. The summed E-state index contributed by atoms with van der Waals surface area (Å²) >= 11 is 1.01. The van der Waals surface area contributed by atoms with Gasteiger partial charge in [0.05, 0.1) is 12.8 Å². The molecule has 0 unspecified atom stereocenters. The Hall–Kier alpha value is -2.15. The number of carbonyl (C=O) groups is 2. The molecule has 0 bridgehead atoms. The Labute approximate surface area is 106 Å². The maximum absolute atomic E-state index is 11.9. The minimum atomic E-state index is -1.14. The monoisotopic (exact) mass is 266 g/mol. The van der Waals surface area contributed by atoms with E-state index in [9.17, 15) is 9.59 Å². The van der Waals surface area contributed by atoms with Crippen molar-refractivity contribution < 1.29 is 19.1 Å². The van der Waals surface area contributed by atoms with E-state index in [-0.39, 0.29) is 16.6 Å². The van der Waals surface area contributed by atoms with Crippen molar-refractivity contribution in [3.05, 3.63) is 40.2 Å². The lowest BCUT2D eigenvalue weighted by Gasteiger charge is -2.13. The molecule has 0 aliphatic carbocycles. The fourth-order valence-corrected chi connectivity index (χ4v) is 2.13. The Balaban J connectivity index is 2.08. The maximum atomic E-state index is 11.9. The number of hydrogen-bond acceptors (Lipinski definition) is 5. The summed E-state index contributed by atoms with van der Waals surface area (Å²) in [6, 6.07) is 3.49. The lowest BCUT2D eigenvalue weighted by atomic mass is 10.4. The van der Waals surface area contributed by atoms with E-state index in [0.717, 1.165) is 11.3 Å². The van der Waals surface area contributed by atoms with E-state index >= 15 is 0 Å². The van der Waals surface area contributed by atoms with Crippen LogP contribution in [0.15, 0.2) is 28.2 Å². The van der Waals surface area contributed by atoms with Crippen molar-refractivity contribution >= 4 is 23.2 Å². The van der Waals surface area contributed by atoms with Crippen molar-refractivity contribution in [3.8, 4) is 0 Å². The first-order valence-electron chi connectivity index (χ1n) is 5.04. The van der Waals surface area contributed by atoms with Gasteiger partial charge in [-0.2, -0.15) is 0 Å². The number of aromatic carboxylic acids is 1. The molecule has 2 aromatic rings. The summed E-state index contributed by atoms with van der Waals surface area (Å²) in [4.78, 5) is 27.8. The number of carboxylic acid groups (broad SMARTS) is 1. The SMILES string of the molecule is CN(Cc1ccco1)C(=O)c1nc(C(=O)O)cs1. The molecular weight excluding hydrogens is 256 g/mol. The van der Waals surface area contributed by atoms with Crippen LogP contribution in [0.3, 0.4) is 0 Å². The molecule has 0 spiro atoms. The van der Waals surface area contributed by atoms with Crippen molar-refractivity contribution in [1.82, 2.24) is 9.88 Å². The van der Waals surface area contributed by atoms with Crippen LogP contribution in [0, 0.1) is 0 Å². The van der Waals surface area contributed by atoms with E-state index in [1.165, 1.54) is 16.5 Å². The lowest BCUT2D eigenvalue weighted by Crippen LogP contribution is -2.26. The highest BCUT2D eigenvalue weighted by molar-refractivity contribution is 7.11. The molecule has 0 aromatic carbocycles. The van der Waals surface area contributed by atoms with Crippen LogP contribution in [0.4, 0.5) is 0 Å². The molecule has 1 N–H and O–H groups in total. The molecule has 2 heterocycles. The van der Waals surface area contributed by atoms with Gasteiger partial charge >= 0.3 is 5.97 Å². The third-order valence-electron chi connectivity index (χ3n) is 2.23. The van der Waals surface area contributed by atoms with Crippen molar-refractivity contribution in [2.45, 2.75) is 6.54 Å². The van der Waals surface area contributed by atoms with Crippen molar-refractivity contribution in [2.75, 3.05) is 7.05 Å². The zero-order valence-electron chi connectivity index (χ0n) is 9.49. The van der Waals surface area contributed by atoms with Crippen molar-refractivity contribution in [2.24, 2.45) is 0 Å². The predicted molar refractivity (Wildman–Crippen MR) is 63.6 cm³/mol. The van der Waals surface area contributed by atoms with Gasteiger partial charge < -0.3 is 14.4 Å². The van der Waals surface area contributed by atoms with Crippen LogP contribution in [0.5, 0.6) is 0 Å². The molecule has 0 fully saturated rings. The molecule has 0 aliphatic heterocycles. The van der Waals surface area contributed by atoms with Crippen LogP contribution < -0.4 is 0 Å². The maximum Gasteiger partial charge on any atom is 0.355 e. The zero-order chi connectivity index (χ0) is 13.1. The van der Waals surface area contributed by atoms with Crippen LogP contribution in [0.1, 0.15) is 26.1 Å². The molecule has 0 saturated carbocycles. The van der Waals surface area contributed by atoms with Gasteiger partial charge in [-0.3, -0.25) is 4.79 Å². The number of furan rings is 1. The number of hydrogen-bond donors (Lipinski definition) is 1. The van der Waals surface area contributed by atoms with E-state index in [2.05, 4.69) is 4.98 Å². The molecule has 2 aromatic heterocycles. The Morgan fingerprint density at radius 2 is 2.33 bits per heavy atom. The highest BCUT2D eigenvalue weighted by Crippen LogP contribution is 2.13. The Morgan fingerprint density at radius 1 is 1.56 bits per heavy atom. The van der Waals surface area contributed by atoms with Crippen molar-refractivity contribution in [3.63, 3.8) is 0 Å². The quantitative estimate of drug-likeness (QED) is 0.910. The Kier molecular flexibility index (Phi) is 3.42. The molecule has 0 saturated heterocycles. The van der Waals surface area contributed by atoms with Crippen molar-refractivity contribution in [1.29, 1.82) is 0 Å². The normalized spacial score (nSPS) is 10.3. The predicted octanol–water partition coefficient (Wildman–Crippen LogP) is 1.71.